The van der Waals surface area contributed by atoms with E-state index in [1.807, 2.05) is 42.5 Å². The van der Waals surface area contributed by atoms with Crippen LogP contribution in [0.4, 0.5) is 0 Å². The van der Waals surface area contributed by atoms with Gasteiger partial charge in [0.25, 0.3) is 0 Å². The van der Waals surface area contributed by atoms with E-state index in [2.05, 4.69) is 36.6 Å². The number of nitrogens with zero attached hydrogens (tertiary/aromatic N) is 1. The first-order chi connectivity index (χ1) is 20.7. The third-order valence-electron chi connectivity index (χ3n) is 8.68. The number of carboxylic acid groups (broad SMARTS) is 1. The number of likely N-dealkylation sites (tertiary alicyclic amines) is 1. The molecule has 2 saturated heterocycles. The molecular formula is C35H47N3O5. The highest BCUT2D eigenvalue weighted by Crippen LogP contribution is 2.25. The Morgan fingerprint density at radius 3 is 2.26 bits per heavy atom. The summed E-state index contributed by atoms with van der Waals surface area (Å²) < 4.78 is 0. The lowest BCUT2D eigenvalue weighted by molar-refractivity contribution is -0.150. The van der Waals surface area contributed by atoms with Gasteiger partial charge in [-0.15, -0.1) is 0 Å². The number of aliphatic carboxylic acids is 1. The van der Waals surface area contributed by atoms with Crippen molar-refractivity contribution in [2.75, 3.05) is 13.1 Å². The highest BCUT2D eigenvalue weighted by Gasteiger charge is 2.38. The molecule has 0 aromatic heterocycles. The third-order valence-corrected chi connectivity index (χ3v) is 8.68. The topological polar surface area (TPSA) is 116 Å². The van der Waals surface area contributed by atoms with E-state index < -0.39 is 24.0 Å². The largest absolute Gasteiger partial charge is 0.480 e. The van der Waals surface area contributed by atoms with Gasteiger partial charge in [0.1, 0.15) is 11.8 Å². The quantitative estimate of drug-likeness (QED) is 0.285. The average molecular weight is 590 g/mol. The van der Waals surface area contributed by atoms with Crippen molar-refractivity contribution in [3.8, 4) is 0 Å². The van der Waals surface area contributed by atoms with Crippen molar-refractivity contribution < 1.29 is 24.3 Å². The van der Waals surface area contributed by atoms with Gasteiger partial charge in [-0.1, -0.05) is 68.4 Å². The van der Waals surface area contributed by atoms with E-state index in [1.165, 1.54) is 10.5 Å². The van der Waals surface area contributed by atoms with Crippen LogP contribution in [0, 0.1) is 11.8 Å². The van der Waals surface area contributed by atoms with Crippen LogP contribution in [0.2, 0.25) is 0 Å². The molecule has 0 aliphatic carbocycles. The fourth-order valence-electron chi connectivity index (χ4n) is 6.27. The van der Waals surface area contributed by atoms with Crippen LogP contribution < -0.4 is 10.6 Å². The summed E-state index contributed by atoms with van der Waals surface area (Å²) in [6.07, 6.45) is 5.82. The minimum absolute atomic E-state index is 0.000385. The third kappa shape index (κ3) is 9.75. The second-order valence-electron chi connectivity index (χ2n) is 12.7. The van der Waals surface area contributed by atoms with Gasteiger partial charge in [0.05, 0.1) is 6.04 Å². The van der Waals surface area contributed by atoms with Crippen molar-refractivity contribution in [2.45, 2.75) is 96.2 Å². The second-order valence-corrected chi connectivity index (χ2v) is 12.7. The van der Waals surface area contributed by atoms with Crippen molar-refractivity contribution in [3.63, 3.8) is 0 Å². The molecule has 4 atom stereocenters. The molecule has 0 saturated carbocycles. The fourth-order valence-corrected chi connectivity index (χ4v) is 6.27. The zero-order valence-electron chi connectivity index (χ0n) is 25.6. The van der Waals surface area contributed by atoms with Gasteiger partial charge in [-0.25, -0.2) is 4.79 Å². The predicted octanol–water partition coefficient (Wildman–Crippen LogP) is 4.34. The van der Waals surface area contributed by atoms with Gasteiger partial charge < -0.3 is 20.6 Å². The van der Waals surface area contributed by atoms with E-state index in [0.29, 0.717) is 38.1 Å². The van der Waals surface area contributed by atoms with Gasteiger partial charge in [0, 0.05) is 31.3 Å². The number of ketones is 1. The normalized spacial score (nSPS) is 19.7. The highest BCUT2D eigenvalue weighted by atomic mass is 16.4. The number of carbonyl (C=O) groups excluding carboxylic acids is 3. The van der Waals surface area contributed by atoms with E-state index in [1.54, 1.807) is 0 Å². The summed E-state index contributed by atoms with van der Waals surface area (Å²) in [5.41, 5.74) is 3.21. The van der Waals surface area contributed by atoms with Crippen LogP contribution in [0.25, 0.3) is 0 Å². The van der Waals surface area contributed by atoms with Crippen molar-refractivity contribution in [1.82, 2.24) is 15.5 Å². The summed E-state index contributed by atoms with van der Waals surface area (Å²) >= 11 is 0. The molecule has 3 N–H and O–H groups in total. The molecular weight excluding hydrogens is 542 g/mol. The molecule has 2 fully saturated rings. The maximum atomic E-state index is 13.8. The Labute approximate surface area is 255 Å². The Morgan fingerprint density at radius 1 is 0.907 bits per heavy atom. The van der Waals surface area contributed by atoms with Crippen molar-refractivity contribution in [2.24, 2.45) is 11.8 Å². The number of rotatable bonds is 15. The highest BCUT2D eigenvalue weighted by molar-refractivity contribution is 5.90. The molecule has 8 nitrogen and oxygen atoms in total. The van der Waals surface area contributed by atoms with Crippen LogP contribution in [-0.4, -0.2) is 64.8 Å². The number of benzene rings is 2. The Kier molecular flexibility index (Phi) is 11.9. The number of carbonyl (C=O) groups is 4. The van der Waals surface area contributed by atoms with Crippen molar-refractivity contribution in [3.05, 3.63) is 71.3 Å². The first-order valence-corrected chi connectivity index (χ1v) is 15.9. The zero-order chi connectivity index (χ0) is 30.8. The molecule has 232 valence electrons. The van der Waals surface area contributed by atoms with Gasteiger partial charge >= 0.3 is 5.97 Å². The molecule has 2 aromatic rings. The predicted molar refractivity (Wildman–Crippen MR) is 167 cm³/mol. The second kappa shape index (κ2) is 15.8. The van der Waals surface area contributed by atoms with Crippen molar-refractivity contribution >= 4 is 23.6 Å². The molecule has 0 radical (unpaired) electrons. The van der Waals surface area contributed by atoms with E-state index in [0.717, 1.165) is 43.4 Å². The molecule has 2 amide bonds. The van der Waals surface area contributed by atoms with E-state index in [9.17, 15) is 24.3 Å². The molecule has 8 heteroatoms. The minimum Gasteiger partial charge on any atom is -0.480 e. The van der Waals surface area contributed by atoms with E-state index in [-0.39, 0.29) is 36.5 Å². The van der Waals surface area contributed by atoms with Crippen LogP contribution in [-0.2, 0) is 38.4 Å². The molecule has 4 rings (SSSR count). The maximum absolute atomic E-state index is 13.8. The van der Waals surface area contributed by atoms with Crippen LogP contribution in [0.1, 0.15) is 75.5 Å². The monoisotopic (exact) mass is 589 g/mol. The lowest BCUT2D eigenvalue weighted by atomic mass is 9.89. The Balaban J connectivity index is 1.49. The first-order valence-electron chi connectivity index (χ1n) is 15.9. The smallest absolute Gasteiger partial charge is 0.326 e. The minimum atomic E-state index is -1.00. The summed E-state index contributed by atoms with van der Waals surface area (Å²) in [4.78, 5) is 53.8. The van der Waals surface area contributed by atoms with Crippen LogP contribution in [0.5, 0.6) is 0 Å². The summed E-state index contributed by atoms with van der Waals surface area (Å²) in [5, 5.41) is 16.1. The summed E-state index contributed by atoms with van der Waals surface area (Å²) in [6.45, 7) is 5.59. The van der Waals surface area contributed by atoms with Crippen LogP contribution in [0.3, 0.4) is 0 Å². The lowest BCUT2D eigenvalue weighted by Crippen LogP contribution is -2.47. The van der Waals surface area contributed by atoms with Gasteiger partial charge in [0.15, 0.2) is 0 Å². The van der Waals surface area contributed by atoms with E-state index in [4.69, 9.17) is 0 Å². The van der Waals surface area contributed by atoms with Gasteiger partial charge in [-0.05, 0) is 80.5 Å². The summed E-state index contributed by atoms with van der Waals surface area (Å²) in [6, 6.07) is 16.5. The standard InChI is InChI=1S/C35H47N3O5/c1-24(2)12-13-25-14-16-27(17-15-25)20-28(34(41)38-19-7-11-32(38)35(42)43)22-30(39)23-29(21-26-8-4-3-5-9-26)37-33(40)31-10-6-18-36-31/h3-5,8-9,14-17,24,28-29,31-32,36H,6-7,10-13,18-23H2,1-2H3,(H,37,40)(H,42,43). The Bertz CT molecular complexity index is 1220. The molecule has 2 heterocycles. The molecule has 43 heavy (non-hydrogen) atoms. The van der Waals surface area contributed by atoms with Crippen molar-refractivity contribution in [1.29, 1.82) is 0 Å². The average Bonchev–Trinajstić information content (AvgIpc) is 3.70. The first kappa shape index (κ1) is 32.4. The maximum Gasteiger partial charge on any atom is 0.326 e. The number of aryl methyl sites for hydroxylation is 1. The number of amides is 2. The molecule has 2 aliphatic rings. The Morgan fingerprint density at radius 2 is 1.60 bits per heavy atom. The van der Waals surface area contributed by atoms with Gasteiger partial charge in [-0.3, -0.25) is 14.4 Å². The number of hydrogen-bond acceptors (Lipinski definition) is 5. The SMILES string of the molecule is CC(C)CCc1ccc(CC(CC(=O)CC(Cc2ccccc2)NC(=O)C2CCCN2)C(=O)N2CCCC2C(=O)O)cc1. The number of hydrogen-bond donors (Lipinski definition) is 3. The summed E-state index contributed by atoms with van der Waals surface area (Å²) in [7, 11) is 0. The van der Waals surface area contributed by atoms with Crippen LogP contribution >= 0.6 is 0 Å². The van der Waals surface area contributed by atoms with Gasteiger partial charge in [-0.2, -0.15) is 0 Å². The van der Waals surface area contributed by atoms with Gasteiger partial charge in [0.2, 0.25) is 11.8 Å². The molecule has 0 spiro atoms. The zero-order valence-corrected chi connectivity index (χ0v) is 25.6. The Hall–Kier alpha value is -3.52. The summed E-state index contributed by atoms with van der Waals surface area (Å²) in [5.74, 6) is -1.55. The number of nitrogens with one attached hydrogen (secondary N) is 2. The fraction of sp³-hybridized carbons (Fsp3) is 0.543. The number of carboxylic acids is 1. The van der Waals surface area contributed by atoms with Crippen LogP contribution in [0.15, 0.2) is 54.6 Å². The molecule has 4 unspecified atom stereocenters. The lowest BCUT2D eigenvalue weighted by Gasteiger charge is -2.27. The molecule has 0 bridgehead atoms. The van der Waals surface area contributed by atoms with E-state index >= 15 is 0 Å². The molecule has 2 aliphatic heterocycles. The molecule has 2 aromatic carbocycles. The number of Topliss-reactive ketones (excluding diaryl/α,β-unsaturated/α-hetero) is 1.